The van der Waals surface area contributed by atoms with Gasteiger partial charge in [0, 0.05) is 12.2 Å². The first-order valence-corrected chi connectivity index (χ1v) is 4.51. The predicted octanol–water partition coefficient (Wildman–Crippen LogP) is 2.05. The molecule has 0 saturated carbocycles. The molecule has 5 heteroatoms. The van der Waals surface area contributed by atoms with E-state index in [4.69, 9.17) is 10.2 Å². The fourth-order valence-corrected chi connectivity index (χ4v) is 0.494. The van der Waals surface area contributed by atoms with Crippen LogP contribution >= 0.6 is 0 Å². The Kier molecular flexibility index (Phi) is 23.7. The Hall–Kier alpha value is -1.88. The Morgan fingerprint density at radius 1 is 0.824 bits per heavy atom. The van der Waals surface area contributed by atoms with Crippen molar-refractivity contribution in [1.29, 1.82) is 0 Å². The normalized spacial score (nSPS) is 6.59. The summed E-state index contributed by atoms with van der Waals surface area (Å²) in [6.07, 6.45) is 2.33. The van der Waals surface area contributed by atoms with Crippen LogP contribution in [0.25, 0.3) is 0 Å². The molecule has 0 aliphatic carbocycles. The highest BCUT2D eigenvalue weighted by atomic mass is 16.4. The van der Waals surface area contributed by atoms with Crippen LogP contribution < -0.4 is 0 Å². The topological polar surface area (TPSA) is 106 Å². The van der Waals surface area contributed by atoms with Gasteiger partial charge in [-0.15, -0.1) is 13.2 Å². The van der Waals surface area contributed by atoms with Gasteiger partial charge in [0.05, 0.1) is 0 Å². The summed E-state index contributed by atoms with van der Waals surface area (Å²) in [6, 6.07) is 0. The zero-order valence-electron chi connectivity index (χ0n) is 10.8. The molecule has 100 valence electrons. The molecule has 0 aliphatic rings. The minimum absolute atomic E-state index is 0. The Bertz CT molecular complexity index is 241. The molecule has 0 aromatic heterocycles. The van der Waals surface area contributed by atoms with Gasteiger partial charge >= 0.3 is 11.9 Å². The van der Waals surface area contributed by atoms with Gasteiger partial charge in [0.1, 0.15) is 0 Å². The number of hydrogen-bond acceptors (Lipinski definition) is 2. The van der Waals surface area contributed by atoms with E-state index < -0.39 is 11.9 Å². The number of hydrogen-bond donors (Lipinski definition) is 2. The summed E-state index contributed by atoms with van der Waals surface area (Å²) in [7, 11) is 0. The van der Waals surface area contributed by atoms with E-state index in [9.17, 15) is 9.59 Å². The Labute approximate surface area is 102 Å². The molecular formula is C12H22O5. The van der Waals surface area contributed by atoms with Gasteiger partial charge in [0.2, 0.25) is 0 Å². The van der Waals surface area contributed by atoms with Crippen molar-refractivity contribution in [2.45, 2.75) is 27.7 Å². The zero-order valence-corrected chi connectivity index (χ0v) is 10.8. The number of aliphatic carboxylic acids is 2. The Morgan fingerprint density at radius 3 is 1.00 bits per heavy atom. The fraction of sp³-hybridized carbons (Fsp3) is 0.333. The van der Waals surface area contributed by atoms with E-state index in [1.54, 1.807) is 27.7 Å². The third kappa shape index (κ3) is 55.4. The van der Waals surface area contributed by atoms with E-state index in [1.807, 2.05) is 0 Å². The number of carbonyl (C=O) groups is 2. The maximum absolute atomic E-state index is 9.73. The number of rotatable bonds is 2. The molecule has 0 bridgehead atoms. The first-order chi connectivity index (χ1) is 7.25. The maximum Gasteiger partial charge on any atom is 0.328 e. The lowest BCUT2D eigenvalue weighted by atomic mass is 10.3. The van der Waals surface area contributed by atoms with Gasteiger partial charge in [-0.1, -0.05) is 11.1 Å². The second kappa shape index (κ2) is 16.5. The molecule has 0 radical (unpaired) electrons. The van der Waals surface area contributed by atoms with E-state index in [0.717, 1.165) is 11.1 Å². The summed E-state index contributed by atoms with van der Waals surface area (Å²) in [5.41, 5.74) is 1.63. The zero-order chi connectivity index (χ0) is 13.7. The van der Waals surface area contributed by atoms with E-state index >= 15 is 0 Å². The van der Waals surface area contributed by atoms with Crippen molar-refractivity contribution >= 4 is 11.9 Å². The van der Waals surface area contributed by atoms with E-state index in [-0.39, 0.29) is 5.48 Å². The van der Waals surface area contributed by atoms with Gasteiger partial charge in [0.15, 0.2) is 0 Å². The monoisotopic (exact) mass is 246 g/mol. The molecule has 0 aliphatic heterocycles. The summed E-state index contributed by atoms with van der Waals surface area (Å²) in [4.78, 5) is 19.5. The van der Waals surface area contributed by atoms with Crippen molar-refractivity contribution in [2.24, 2.45) is 0 Å². The highest BCUT2D eigenvalue weighted by Gasteiger charge is 1.84. The van der Waals surface area contributed by atoms with Crippen LogP contribution in [0.4, 0.5) is 0 Å². The predicted molar refractivity (Wildman–Crippen MR) is 69.0 cm³/mol. The molecule has 0 heterocycles. The van der Waals surface area contributed by atoms with Crippen LogP contribution in [0.15, 0.2) is 36.5 Å². The van der Waals surface area contributed by atoms with Crippen molar-refractivity contribution in [2.75, 3.05) is 0 Å². The van der Waals surface area contributed by atoms with Crippen LogP contribution in [0.2, 0.25) is 0 Å². The molecule has 0 atom stereocenters. The van der Waals surface area contributed by atoms with Crippen molar-refractivity contribution in [1.82, 2.24) is 0 Å². The summed E-state index contributed by atoms with van der Waals surface area (Å²) in [6.45, 7) is 13.0. The minimum atomic E-state index is -0.875. The average molecular weight is 246 g/mol. The van der Waals surface area contributed by atoms with Crippen LogP contribution in [-0.2, 0) is 9.59 Å². The third-order valence-electron chi connectivity index (χ3n) is 0.824. The number of carboxylic acid groups (broad SMARTS) is 2. The molecule has 5 nitrogen and oxygen atoms in total. The minimum Gasteiger partial charge on any atom is -0.478 e. The van der Waals surface area contributed by atoms with Crippen molar-refractivity contribution in [3.63, 3.8) is 0 Å². The number of carboxylic acids is 2. The molecule has 0 fully saturated rings. The highest BCUT2D eigenvalue weighted by Crippen LogP contribution is 1.85. The SMILES string of the molecule is C=C.CC(C)=CC(=O)O.CC(C)=CC(=O)O.O. The lowest BCUT2D eigenvalue weighted by molar-refractivity contribution is -0.132. The van der Waals surface area contributed by atoms with E-state index in [1.165, 1.54) is 12.2 Å². The molecule has 4 N–H and O–H groups in total. The molecule has 0 spiro atoms. The van der Waals surface area contributed by atoms with Crippen LogP contribution in [-0.4, -0.2) is 27.6 Å². The van der Waals surface area contributed by atoms with Gasteiger partial charge in [-0.2, -0.15) is 0 Å². The van der Waals surface area contributed by atoms with Crippen molar-refractivity contribution < 1.29 is 25.3 Å². The smallest absolute Gasteiger partial charge is 0.328 e. The molecule has 0 unspecified atom stereocenters. The largest absolute Gasteiger partial charge is 0.478 e. The molecular weight excluding hydrogens is 224 g/mol. The molecule has 0 saturated heterocycles. The lowest BCUT2D eigenvalue weighted by Crippen LogP contribution is -1.86. The summed E-state index contributed by atoms with van der Waals surface area (Å²) >= 11 is 0. The highest BCUT2D eigenvalue weighted by molar-refractivity contribution is 5.80. The van der Waals surface area contributed by atoms with Crippen LogP contribution in [0.5, 0.6) is 0 Å². The standard InChI is InChI=1S/2C5H8O2.C2H4.H2O/c2*1-4(2)3-5(6)7;1-2;/h2*3H,1-2H3,(H,6,7);1-2H2;1H2. The molecule has 0 aromatic carbocycles. The number of allylic oxidation sites excluding steroid dienone is 2. The third-order valence-corrected chi connectivity index (χ3v) is 0.824. The van der Waals surface area contributed by atoms with Crippen LogP contribution in [0.3, 0.4) is 0 Å². The quantitative estimate of drug-likeness (QED) is 0.574. The fourth-order valence-electron chi connectivity index (χ4n) is 0.494. The summed E-state index contributed by atoms with van der Waals surface area (Å²) < 4.78 is 0. The molecule has 0 aromatic rings. The van der Waals surface area contributed by atoms with Crippen molar-refractivity contribution in [3.05, 3.63) is 36.5 Å². The van der Waals surface area contributed by atoms with Gasteiger partial charge < -0.3 is 15.7 Å². The van der Waals surface area contributed by atoms with Crippen molar-refractivity contribution in [3.8, 4) is 0 Å². The van der Waals surface area contributed by atoms with Gasteiger partial charge in [-0.3, -0.25) is 0 Å². The maximum atomic E-state index is 9.73. The first-order valence-electron chi connectivity index (χ1n) is 4.51. The van der Waals surface area contributed by atoms with E-state index in [0.29, 0.717) is 0 Å². The second-order valence-corrected chi connectivity index (χ2v) is 3.12. The van der Waals surface area contributed by atoms with Crippen LogP contribution in [0.1, 0.15) is 27.7 Å². The average Bonchev–Trinajstić information content (AvgIpc) is 2.03. The Morgan fingerprint density at radius 2 is 1.00 bits per heavy atom. The van der Waals surface area contributed by atoms with Gasteiger partial charge in [0.25, 0.3) is 0 Å². The van der Waals surface area contributed by atoms with Gasteiger partial charge in [-0.05, 0) is 27.7 Å². The van der Waals surface area contributed by atoms with Gasteiger partial charge in [-0.25, -0.2) is 9.59 Å². The second-order valence-electron chi connectivity index (χ2n) is 3.12. The molecule has 17 heavy (non-hydrogen) atoms. The lowest BCUT2D eigenvalue weighted by Gasteiger charge is -1.79. The Balaban J connectivity index is -0.0000000823. The van der Waals surface area contributed by atoms with E-state index in [2.05, 4.69) is 13.2 Å². The molecule has 0 rings (SSSR count). The summed E-state index contributed by atoms with van der Waals surface area (Å²) in [5, 5.41) is 16.0. The molecule has 0 amide bonds. The van der Waals surface area contributed by atoms with Crippen LogP contribution in [0, 0.1) is 0 Å². The summed E-state index contributed by atoms with van der Waals surface area (Å²) in [5.74, 6) is -1.75. The first kappa shape index (κ1) is 24.4.